The molecule has 9 nitrogen and oxygen atoms in total. The number of hydrogen-bond acceptors (Lipinski definition) is 7. The highest BCUT2D eigenvalue weighted by Crippen LogP contribution is 2.38. The Morgan fingerprint density at radius 2 is 1.60 bits per heavy atom. The van der Waals surface area contributed by atoms with Crippen LogP contribution >= 0.6 is 0 Å². The fraction of sp³-hybridized carbons (Fsp3) is 0.548. The second-order valence-corrected chi connectivity index (χ2v) is 10.8. The van der Waals surface area contributed by atoms with Crippen LogP contribution < -0.4 is 5.32 Å². The summed E-state index contributed by atoms with van der Waals surface area (Å²) in [6, 6.07) is 15.9. The number of aliphatic carboxylic acids is 1. The number of aliphatic hydroxyl groups is 2. The highest BCUT2D eigenvalue weighted by atomic mass is 16.7. The van der Waals surface area contributed by atoms with Gasteiger partial charge in [0.1, 0.15) is 0 Å². The monoisotopic (exact) mass is 554 g/mol. The Hall–Kier alpha value is -2.82. The van der Waals surface area contributed by atoms with Crippen molar-refractivity contribution in [3.63, 3.8) is 0 Å². The van der Waals surface area contributed by atoms with E-state index in [1.807, 2.05) is 48.5 Å². The number of ether oxygens (including phenoxy) is 2. The molecule has 218 valence electrons. The Morgan fingerprint density at radius 3 is 2.30 bits per heavy atom. The van der Waals surface area contributed by atoms with Gasteiger partial charge < -0.3 is 30.1 Å². The highest BCUT2D eigenvalue weighted by Gasteiger charge is 2.35. The Morgan fingerprint density at radius 1 is 0.900 bits per heavy atom. The van der Waals surface area contributed by atoms with Gasteiger partial charge in [-0.3, -0.25) is 14.5 Å². The molecule has 4 N–H and O–H groups in total. The summed E-state index contributed by atoms with van der Waals surface area (Å²) in [5.74, 6) is -0.846. The lowest BCUT2D eigenvalue weighted by molar-refractivity contribution is -0.253. The molecule has 0 saturated carbocycles. The van der Waals surface area contributed by atoms with Gasteiger partial charge in [0.2, 0.25) is 5.91 Å². The van der Waals surface area contributed by atoms with Crippen LogP contribution in [0.2, 0.25) is 0 Å². The second kappa shape index (κ2) is 15.3. The van der Waals surface area contributed by atoms with Crippen molar-refractivity contribution in [3.05, 3.63) is 70.8 Å². The number of likely N-dealkylation sites (tertiary alicyclic amines) is 1. The van der Waals surface area contributed by atoms with Crippen LogP contribution in [0, 0.1) is 0 Å². The summed E-state index contributed by atoms with van der Waals surface area (Å²) in [6.07, 6.45) is 4.51. The average molecular weight is 555 g/mol. The van der Waals surface area contributed by atoms with E-state index in [9.17, 15) is 19.8 Å². The molecule has 9 heteroatoms. The van der Waals surface area contributed by atoms with Gasteiger partial charge >= 0.3 is 5.97 Å². The van der Waals surface area contributed by atoms with Crippen molar-refractivity contribution in [1.82, 2.24) is 10.2 Å². The molecule has 2 heterocycles. The second-order valence-electron chi connectivity index (χ2n) is 10.8. The van der Waals surface area contributed by atoms with E-state index in [2.05, 4.69) is 10.2 Å². The Balaban J connectivity index is 1.35. The van der Waals surface area contributed by atoms with Gasteiger partial charge in [-0.25, -0.2) is 0 Å². The van der Waals surface area contributed by atoms with Gasteiger partial charge in [-0.05, 0) is 48.9 Å². The lowest BCUT2D eigenvalue weighted by Crippen LogP contribution is -2.42. The zero-order valence-corrected chi connectivity index (χ0v) is 23.0. The number of rotatable bonds is 14. The van der Waals surface area contributed by atoms with Crippen molar-refractivity contribution in [2.45, 2.75) is 89.1 Å². The van der Waals surface area contributed by atoms with Gasteiger partial charge in [-0.2, -0.15) is 0 Å². The number of carboxylic acid groups (broad SMARTS) is 1. The zero-order valence-electron chi connectivity index (χ0n) is 23.0. The Bertz CT molecular complexity index is 1080. The maximum absolute atomic E-state index is 12.2. The van der Waals surface area contributed by atoms with Crippen LogP contribution in [0.3, 0.4) is 0 Å². The summed E-state index contributed by atoms with van der Waals surface area (Å²) in [4.78, 5) is 25.1. The first-order valence-electron chi connectivity index (χ1n) is 14.4. The van der Waals surface area contributed by atoms with Crippen LogP contribution in [0.25, 0.3) is 0 Å². The number of benzene rings is 2. The number of carboxylic acids is 1. The molecule has 4 atom stereocenters. The third-order valence-corrected chi connectivity index (χ3v) is 7.80. The lowest BCUT2D eigenvalue weighted by atomic mass is 9.99. The number of aliphatic hydroxyl groups excluding tert-OH is 2. The van der Waals surface area contributed by atoms with Crippen LogP contribution in [-0.4, -0.2) is 63.9 Å². The van der Waals surface area contributed by atoms with Gasteiger partial charge in [-0.1, -0.05) is 55.0 Å². The Kier molecular flexibility index (Phi) is 11.5. The van der Waals surface area contributed by atoms with E-state index in [-0.39, 0.29) is 43.8 Å². The number of carbonyl (C=O) groups excluding carboxylic acids is 1. The minimum Gasteiger partial charge on any atom is -0.481 e. The van der Waals surface area contributed by atoms with Crippen LogP contribution in [0.4, 0.5) is 0 Å². The van der Waals surface area contributed by atoms with E-state index >= 15 is 0 Å². The molecule has 40 heavy (non-hydrogen) atoms. The van der Waals surface area contributed by atoms with Crippen LogP contribution in [-0.2, 0) is 32.2 Å². The minimum atomic E-state index is -0.804. The number of carbonyl (C=O) groups is 2. The van der Waals surface area contributed by atoms with Crippen molar-refractivity contribution < 1.29 is 34.4 Å². The number of nitrogens with zero attached hydrogens (tertiary/aromatic N) is 1. The van der Waals surface area contributed by atoms with Crippen LogP contribution in [0.15, 0.2) is 48.5 Å². The molecule has 0 spiro atoms. The third kappa shape index (κ3) is 8.84. The van der Waals surface area contributed by atoms with Crippen molar-refractivity contribution in [2.75, 3.05) is 19.7 Å². The molecule has 2 aromatic rings. The largest absolute Gasteiger partial charge is 0.481 e. The SMILES string of the molecule is O=C(O)CCCCCC(=O)NCc1ccc([C@@H]2O[C@H](CN3CCC[C@H]3CO)C[C@H](c3ccc(CO)cc3)O2)cc1. The molecular formula is C31H42N2O7. The van der Waals surface area contributed by atoms with E-state index in [4.69, 9.17) is 14.6 Å². The molecule has 2 aliphatic rings. The molecule has 0 aliphatic carbocycles. The number of nitrogens with one attached hydrogen (secondary N) is 1. The highest BCUT2D eigenvalue weighted by molar-refractivity contribution is 5.75. The zero-order chi connectivity index (χ0) is 28.3. The quantitative estimate of drug-likeness (QED) is 0.260. The van der Waals surface area contributed by atoms with E-state index in [1.54, 1.807) is 0 Å². The van der Waals surface area contributed by atoms with E-state index in [1.165, 1.54) is 0 Å². The van der Waals surface area contributed by atoms with Crippen molar-refractivity contribution in [3.8, 4) is 0 Å². The summed E-state index contributed by atoms with van der Waals surface area (Å²) < 4.78 is 12.9. The average Bonchev–Trinajstić information content (AvgIpc) is 3.43. The van der Waals surface area contributed by atoms with Crippen molar-refractivity contribution in [2.24, 2.45) is 0 Å². The predicted molar refractivity (Wildman–Crippen MR) is 149 cm³/mol. The topological polar surface area (TPSA) is 129 Å². The third-order valence-electron chi connectivity index (χ3n) is 7.80. The standard InChI is InChI=1S/C31H42N2O7/c34-20-23-10-12-24(13-11-23)28-17-27(19-33-16-4-5-26(33)21-35)39-31(40-28)25-14-8-22(9-15-25)18-32-29(36)6-2-1-3-7-30(37)38/h8-15,26-28,31,34-35H,1-7,16-21H2,(H,32,36)(H,37,38)/t26-,27-,28+,31+/m0/s1. The lowest BCUT2D eigenvalue weighted by Gasteiger charge is -2.38. The minimum absolute atomic E-state index is 0.00271. The smallest absolute Gasteiger partial charge is 0.303 e. The van der Waals surface area contributed by atoms with Gasteiger partial charge in [0.15, 0.2) is 6.29 Å². The predicted octanol–water partition coefficient (Wildman–Crippen LogP) is 3.83. The summed E-state index contributed by atoms with van der Waals surface area (Å²) in [5.41, 5.74) is 3.76. The van der Waals surface area contributed by atoms with Gasteiger partial charge in [0, 0.05) is 44.0 Å². The molecule has 2 saturated heterocycles. The number of amides is 1. The Labute approximate surface area is 236 Å². The van der Waals surface area contributed by atoms with Crippen LogP contribution in [0.1, 0.15) is 86.0 Å². The summed E-state index contributed by atoms with van der Waals surface area (Å²) in [7, 11) is 0. The molecule has 4 rings (SSSR count). The van der Waals surface area contributed by atoms with Crippen LogP contribution in [0.5, 0.6) is 0 Å². The molecule has 2 fully saturated rings. The summed E-state index contributed by atoms with van der Waals surface area (Å²) in [6.45, 7) is 2.26. The van der Waals surface area contributed by atoms with E-state index in [0.29, 0.717) is 32.2 Å². The fourth-order valence-corrected chi connectivity index (χ4v) is 5.46. The fourth-order valence-electron chi connectivity index (χ4n) is 5.46. The van der Waals surface area contributed by atoms with Crippen molar-refractivity contribution in [1.29, 1.82) is 0 Å². The molecule has 0 unspecified atom stereocenters. The number of unbranched alkanes of at least 4 members (excludes halogenated alkanes) is 2. The van der Waals surface area contributed by atoms with Gasteiger partial charge in [-0.15, -0.1) is 0 Å². The molecular weight excluding hydrogens is 512 g/mol. The molecule has 0 radical (unpaired) electrons. The molecule has 0 aromatic heterocycles. The first kappa shape index (κ1) is 30.1. The normalized spacial score (nSPS) is 23.2. The number of hydrogen-bond donors (Lipinski definition) is 4. The summed E-state index contributed by atoms with van der Waals surface area (Å²) in [5, 5.41) is 30.8. The van der Waals surface area contributed by atoms with E-state index < -0.39 is 12.3 Å². The first-order chi connectivity index (χ1) is 19.4. The van der Waals surface area contributed by atoms with E-state index in [0.717, 1.165) is 54.6 Å². The molecule has 2 aromatic carbocycles. The maximum Gasteiger partial charge on any atom is 0.303 e. The molecule has 1 amide bonds. The van der Waals surface area contributed by atoms with Gasteiger partial charge in [0.25, 0.3) is 0 Å². The summed E-state index contributed by atoms with van der Waals surface area (Å²) >= 11 is 0. The molecule has 0 bridgehead atoms. The van der Waals surface area contributed by atoms with Gasteiger partial charge in [0.05, 0.1) is 25.4 Å². The maximum atomic E-state index is 12.2. The molecule has 2 aliphatic heterocycles. The first-order valence-corrected chi connectivity index (χ1v) is 14.4. The van der Waals surface area contributed by atoms with Crippen molar-refractivity contribution >= 4 is 11.9 Å².